The van der Waals surface area contributed by atoms with Crippen LogP contribution in [0, 0.1) is 5.92 Å². The second-order valence-corrected chi connectivity index (χ2v) is 8.16. The van der Waals surface area contributed by atoms with Crippen LogP contribution in [0.2, 0.25) is 0 Å². The molecule has 1 fully saturated rings. The molecule has 0 heterocycles. The average Bonchev–Trinajstić information content (AvgIpc) is 2.85. The highest BCUT2D eigenvalue weighted by Crippen LogP contribution is 2.28. The Morgan fingerprint density at radius 1 is 1.00 bits per heavy atom. The molecule has 0 aromatic heterocycles. The molecular formula is C28H32N2O2. The minimum absolute atomic E-state index is 0.0735. The van der Waals surface area contributed by atoms with Crippen LogP contribution >= 0.6 is 0 Å². The van der Waals surface area contributed by atoms with Crippen LogP contribution in [0.3, 0.4) is 0 Å². The fourth-order valence-corrected chi connectivity index (χ4v) is 4.10. The smallest absolute Gasteiger partial charge is 0.251 e. The Kier molecular flexibility index (Phi) is 8.61. The summed E-state index contributed by atoms with van der Waals surface area (Å²) in [5.74, 6) is 0.0916. The maximum Gasteiger partial charge on any atom is 0.251 e. The zero-order valence-electron chi connectivity index (χ0n) is 18.6. The molecule has 1 N–H and O–H groups in total. The highest BCUT2D eigenvalue weighted by Gasteiger charge is 2.27. The Bertz CT molecular complexity index is 972. The zero-order chi connectivity index (χ0) is 22.8. The van der Waals surface area contributed by atoms with E-state index in [1.165, 1.54) is 6.42 Å². The molecular weight excluding hydrogens is 396 g/mol. The number of hydrogen-bond donors (Lipinski definition) is 1. The Hall–Kier alpha value is -3.40. The van der Waals surface area contributed by atoms with E-state index in [0.29, 0.717) is 18.7 Å². The first kappa shape index (κ1) is 23.3. The van der Waals surface area contributed by atoms with Crippen LogP contribution in [0.4, 0.5) is 5.69 Å². The molecule has 3 rings (SSSR count). The van der Waals surface area contributed by atoms with E-state index in [1.54, 1.807) is 18.2 Å². The monoisotopic (exact) mass is 428 g/mol. The fourth-order valence-electron chi connectivity index (χ4n) is 4.10. The third-order valence-corrected chi connectivity index (χ3v) is 5.87. The molecule has 2 aromatic rings. The normalized spacial score (nSPS) is 14.4. The highest BCUT2D eigenvalue weighted by atomic mass is 16.2. The second-order valence-electron chi connectivity index (χ2n) is 8.16. The van der Waals surface area contributed by atoms with E-state index in [4.69, 9.17) is 0 Å². The molecule has 1 saturated carbocycles. The molecule has 0 saturated heterocycles. The first-order chi connectivity index (χ1) is 15.6. The molecule has 4 heteroatoms. The number of nitrogens with one attached hydrogen (secondary N) is 1. The van der Waals surface area contributed by atoms with E-state index < -0.39 is 0 Å². The third-order valence-electron chi connectivity index (χ3n) is 5.87. The molecule has 4 nitrogen and oxygen atoms in total. The number of carbonyl (C=O) groups is 2. The number of anilines is 1. The maximum absolute atomic E-state index is 13.4. The van der Waals surface area contributed by atoms with Crippen LogP contribution in [-0.4, -0.2) is 18.4 Å². The quantitative estimate of drug-likeness (QED) is 0.511. The number of carbonyl (C=O) groups excluding carboxylic acids is 2. The predicted molar refractivity (Wildman–Crippen MR) is 131 cm³/mol. The summed E-state index contributed by atoms with van der Waals surface area (Å²) in [6.07, 6.45) is 10.5. The van der Waals surface area contributed by atoms with Crippen molar-refractivity contribution in [3.63, 3.8) is 0 Å². The number of benzene rings is 2. The molecule has 2 amide bonds. The van der Waals surface area contributed by atoms with Crippen molar-refractivity contribution in [3.8, 4) is 0 Å². The maximum atomic E-state index is 13.4. The number of allylic oxidation sites excluding steroid dienone is 2. The van der Waals surface area contributed by atoms with Crippen molar-refractivity contribution < 1.29 is 9.59 Å². The SMILES string of the molecule is C=C/C=C(\C=C)CNC(=O)c1cccc(CN(C(=O)C2CCCCC2)c2ccccc2)c1. The molecule has 166 valence electrons. The second kappa shape index (κ2) is 11.8. The Labute approximate surface area is 191 Å². The summed E-state index contributed by atoms with van der Waals surface area (Å²) in [7, 11) is 0. The number of amides is 2. The number of para-hydroxylation sites is 1. The lowest BCUT2D eigenvalue weighted by atomic mass is 9.88. The summed E-state index contributed by atoms with van der Waals surface area (Å²) in [5, 5.41) is 2.91. The average molecular weight is 429 g/mol. The van der Waals surface area contributed by atoms with E-state index in [9.17, 15) is 9.59 Å². The number of hydrogen-bond acceptors (Lipinski definition) is 2. The van der Waals surface area contributed by atoms with Gasteiger partial charge in [0, 0.05) is 23.7 Å². The first-order valence-electron chi connectivity index (χ1n) is 11.3. The molecule has 0 atom stereocenters. The molecule has 0 unspecified atom stereocenters. The van der Waals surface area contributed by atoms with Crippen molar-refractivity contribution in [2.45, 2.75) is 38.6 Å². The van der Waals surface area contributed by atoms with Crippen molar-refractivity contribution in [3.05, 3.63) is 103 Å². The standard InChI is InChI=1S/C28H32N2O2/c1-3-12-22(4-2)20-29-27(31)25-16-11-13-23(19-25)21-30(26-17-9-6-10-18-26)28(32)24-14-7-5-8-15-24/h3-4,6,9-13,16-19,24H,1-2,5,7-8,14-15,20-21H2,(H,29,31)/b22-12+. The Balaban J connectivity index is 1.77. The summed E-state index contributed by atoms with van der Waals surface area (Å²) in [6, 6.07) is 17.3. The minimum atomic E-state index is -0.159. The lowest BCUT2D eigenvalue weighted by molar-refractivity contribution is -0.123. The van der Waals surface area contributed by atoms with E-state index in [1.807, 2.05) is 59.5 Å². The summed E-state index contributed by atoms with van der Waals surface area (Å²) in [6.45, 7) is 8.26. The van der Waals surface area contributed by atoms with Crippen LogP contribution in [0.5, 0.6) is 0 Å². The van der Waals surface area contributed by atoms with Crippen molar-refractivity contribution in [1.82, 2.24) is 5.32 Å². The third kappa shape index (κ3) is 6.30. The van der Waals surface area contributed by atoms with Gasteiger partial charge in [-0.05, 0) is 48.2 Å². The van der Waals surface area contributed by atoms with Gasteiger partial charge < -0.3 is 10.2 Å². The van der Waals surface area contributed by atoms with Gasteiger partial charge >= 0.3 is 0 Å². The van der Waals surface area contributed by atoms with Crippen LogP contribution in [0.1, 0.15) is 48.0 Å². The van der Waals surface area contributed by atoms with Crippen molar-refractivity contribution in [2.75, 3.05) is 11.4 Å². The van der Waals surface area contributed by atoms with E-state index in [0.717, 1.165) is 42.5 Å². The van der Waals surface area contributed by atoms with Crippen molar-refractivity contribution in [2.24, 2.45) is 5.92 Å². The summed E-state index contributed by atoms with van der Waals surface area (Å²) in [4.78, 5) is 28.0. The van der Waals surface area contributed by atoms with Gasteiger partial charge in [0.2, 0.25) is 5.91 Å². The van der Waals surface area contributed by atoms with Gasteiger partial charge in [0.05, 0.1) is 6.54 Å². The van der Waals surface area contributed by atoms with Crippen LogP contribution < -0.4 is 10.2 Å². The zero-order valence-corrected chi connectivity index (χ0v) is 18.6. The Morgan fingerprint density at radius 2 is 1.75 bits per heavy atom. The molecule has 1 aliphatic carbocycles. The van der Waals surface area contributed by atoms with Crippen LogP contribution in [0.25, 0.3) is 0 Å². The molecule has 2 aromatic carbocycles. The molecule has 1 aliphatic rings. The van der Waals surface area contributed by atoms with E-state index in [2.05, 4.69) is 18.5 Å². The van der Waals surface area contributed by atoms with Crippen LogP contribution in [-0.2, 0) is 11.3 Å². The van der Waals surface area contributed by atoms with Crippen LogP contribution in [0.15, 0.2) is 91.6 Å². The van der Waals surface area contributed by atoms with Gasteiger partial charge in [-0.1, -0.05) is 81.0 Å². The predicted octanol–water partition coefficient (Wildman–Crippen LogP) is 5.83. The summed E-state index contributed by atoms with van der Waals surface area (Å²) < 4.78 is 0. The van der Waals surface area contributed by atoms with Gasteiger partial charge in [-0.15, -0.1) is 0 Å². The van der Waals surface area contributed by atoms with Crippen molar-refractivity contribution >= 4 is 17.5 Å². The number of nitrogens with zero attached hydrogens (tertiary/aromatic N) is 1. The molecule has 0 aliphatic heterocycles. The number of rotatable bonds is 9. The topological polar surface area (TPSA) is 49.4 Å². The molecule has 0 radical (unpaired) electrons. The van der Waals surface area contributed by atoms with Gasteiger partial charge in [0.1, 0.15) is 0 Å². The van der Waals surface area contributed by atoms with E-state index in [-0.39, 0.29) is 17.7 Å². The van der Waals surface area contributed by atoms with E-state index >= 15 is 0 Å². The highest BCUT2D eigenvalue weighted by molar-refractivity contribution is 5.96. The summed E-state index contributed by atoms with van der Waals surface area (Å²) >= 11 is 0. The van der Waals surface area contributed by atoms with Crippen molar-refractivity contribution in [1.29, 1.82) is 0 Å². The lowest BCUT2D eigenvalue weighted by Crippen LogP contribution is -2.36. The van der Waals surface area contributed by atoms with Gasteiger partial charge in [0.15, 0.2) is 0 Å². The molecule has 0 bridgehead atoms. The van der Waals surface area contributed by atoms with Gasteiger partial charge in [0.25, 0.3) is 5.91 Å². The Morgan fingerprint density at radius 3 is 2.44 bits per heavy atom. The van der Waals surface area contributed by atoms with Gasteiger partial charge in [-0.2, -0.15) is 0 Å². The van der Waals surface area contributed by atoms with Gasteiger partial charge in [-0.25, -0.2) is 0 Å². The first-order valence-corrected chi connectivity index (χ1v) is 11.3. The lowest BCUT2D eigenvalue weighted by Gasteiger charge is -2.29. The van der Waals surface area contributed by atoms with Gasteiger partial charge in [-0.3, -0.25) is 9.59 Å². The fraction of sp³-hybridized carbons (Fsp3) is 0.286. The minimum Gasteiger partial charge on any atom is -0.348 e. The molecule has 0 spiro atoms. The molecule has 32 heavy (non-hydrogen) atoms. The summed E-state index contributed by atoms with van der Waals surface area (Å²) in [5.41, 5.74) is 3.28. The largest absolute Gasteiger partial charge is 0.348 e.